The molecule has 2 aromatic heterocycles. The van der Waals surface area contributed by atoms with Gasteiger partial charge in [-0.2, -0.15) is 4.68 Å². The van der Waals surface area contributed by atoms with Crippen LogP contribution in [-0.4, -0.2) is 30.2 Å². The van der Waals surface area contributed by atoms with E-state index in [2.05, 4.69) is 25.5 Å². The summed E-state index contributed by atoms with van der Waals surface area (Å²) in [5, 5.41) is 11.6. The predicted molar refractivity (Wildman–Crippen MR) is 60.2 cm³/mol. The van der Waals surface area contributed by atoms with E-state index in [1.54, 1.807) is 23.3 Å². The molecule has 6 heteroatoms. The number of aromatic nitrogens is 6. The molecule has 6 nitrogen and oxygen atoms in total. The lowest BCUT2D eigenvalue weighted by Crippen LogP contribution is -2.02. The normalized spacial score (nSPS) is 10.4. The molecule has 0 spiro atoms. The van der Waals surface area contributed by atoms with Crippen LogP contribution in [0.25, 0.3) is 17.2 Å². The van der Waals surface area contributed by atoms with Gasteiger partial charge in [0.05, 0.1) is 6.20 Å². The molecule has 0 saturated heterocycles. The van der Waals surface area contributed by atoms with Crippen LogP contribution in [0.3, 0.4) is 0 Å². The van der Waals surface area contributed by atoms with E-state index in [1.807, 2.05) is 30.3 Å². The molecule has 2 heterocycles. The van der Waals surface area contributed by atoms with E-state index < -0.39 is 0 Å². The zero-order valence-corrected chi connectivity index (χ0v) is 8.80. The van der Waals surface area contributed by atoms with Gasteiger partial charge in [-0.25, -0.2) is 4.98 Å². The molecule has 0 aliphatic carbocycles. The summed E-state index contributed by atoms with van der Waals surface area (Å²) in [6, 6.07) is 9.70. The first-order chi connectivity index (χ1) is 8.45. The summed E-state index contributed by atoms with van der Waals surface area (Å²) in [5.41, 5.74) is 0.933. The van der Waals surface area contributed by atoms with Crippen molar-refractivity contribution in [3.8, 4) is 17.2 Å². The molecule has 0 bridgehead atoms. The fraction of sp³-hybridized carbons (Fsp3) is 0. The van der Waals surface area contributed by atoms with E-state index in [0.717, 1.165) is 5.56 Å². The molecule has 0 radical (unpaired) electrons. The van der Waals surface area contributed by atoms with Crippen molar-refractivity contribution in [3.63, 3.8) is 0 Å². The van der Waals surface area contributed by atoms with Crippen molar-refractivity contribution in [2.24, 2.45) is 0 Å². The van der Waals surface area contributed by atoms with E-state index in [9.17, 15) is 0 Å². The van der Waals surface area contributed by atoms with Crippen LogP contribution in [0.5, 0.6) is 0 Å². The maximum atomic E-state index is 4.17. The maximum absolute atomic E-state index is 4.17. The Morgan fingerprint density at radius 1 is 1.00 bits per heavy atom. The topological polar surface area (TPSA) is 69.4 Å². The van der Waals surface area contributed by atoms with E-state index in [0.29, 0.717) is 11.6 Å². The molecule has 0 aliphatic rings. The van der Waals surface area contributed by atoms with E-state index >= 15 is 0 Å². The van der Waals surface area contributed by atoms with Crippen molar-refractivity contribution in [2.45, 2.75) is 0 Å². The number of hydrogen-bond acceptors (Lipinski definition) is 5. The standard InChI is InChI=1S/C11H8N6/c1-2-4-9(5-3-1)11-14-15-16-17(11)10-8-12-6-7-13-10/h1-8H. The molecule has 3 rings (SSSR count). The van der Waals surface area contributed by atoms with Crippen LogP contribution in [0, 0.1) is 0 Å². The Morgan fingerprint density at radius 3 is 2.65 bits per heavy atom. The van der Waals surface area contributed by atoms with Crippen LogP contribution in [0.4, 0.5) is 0 Å². The highest BCUT2D eigenvalue weighted by Gasteiger charge is 2.10. The fourth-order valence-electron chi connectivity index (χ4n) is 1.51. The lowest BCUT2D eigenvalue weighted by molar-refractivity contribution is 0.769. The molecule has 0 atom stereocenters. The molecule has 82 valence electrons. The lowest BCUT2D eigenvalue weighted by Gasteiger charge is -2.02. The average Bonchev–Trinajstić information content (AvgIpc) is 2.90. The summed E-state index contributed by atoms with van der Waals surface area (Å²) < 4.78 is 1.56. The molecule has 17 heavy (non-hydrogen) atoms. The van der Waals surface area contributed by atoms with Gasteiger partial charge >= 0.3 is 0 Å². The highest BCUT2D eigenvalue weighted by Crippen LogP contribution is 2.16. The number of nitrogens with zero attached hydrogens (tertiary/aromatic N) is 6. The Bertz CT molecular complexity index is 550. The van der Waals surface area contributed by atoms with Crippen molar-refractivity contribution < 1.29 is 0 Å². The number of benzene rings is 1. The summed E-state index contributed by atoms with van der Waals surface area (Å²) in [5.74, 6) is 1.24. The van der Waals surface area contributed by atoms with E-state index in [1.165, 1.54) is 0 Å². The van der Waals surface area contributed by atoms with Gasteiger partial charge in [-0.3, -0.25) is 4.98 Å². The Kier molecular flexibility index (Phi) is 2.31. The molecule has 0 saturated carbocycles. The molecule has 1 aromatic carbocycles. The first-order valence-electron chi connectivity index (χ1n) is 5.05. The number of tetrazole rings is 1. The number of rotatable bonds is 2. The van der Waals surface area contributed by atoms with Gasteiger partial charge in [0.15, 0.2) is 11.6 Å². The second-order valence-electron chi connectivity index (χ2n) is 3.34. The first-order valence-corrected chi connectivity index (χ1v) is 5.05. The van der Waals surface area contributed by atoms with Crippen LogP contribution in [-0.2, 0) is 0 Å². The molecule has 0 unspecified atom stereocenters. The van der Waals surface area contributed by atoms with Gasteiger partial charge in [0.1, 0.15) is 0 Å². The molecule has 3 aromatic rings. The summed E-state index contributed by atoms with van der Waals surface area (Å²) in [4.78, 5) is 8.16. The summed E-state index contributed by atoms with van der Waals surface area (Å²) in [6.45, 7) is 0. The number of hydrogen-bond donors (Lipinski definition) is 0. The van der Waals surface area contributed by atoms with Crippen LogP contribution < -0.4 is 0 Å². The lowest BCUT2D eigenvalue weighted by atomic mass is 10.2. The maximum Gasteiger partial charge on any atom is 0.188 e. The van der Waals surface area contributed by atoms with Gasteiger partial charge in [0.2, 0.25) is 0 Å². The molecule has 0 fully saturated rings. The third kappa shape index (κ3) is 1.76. The Balaban J connectivity index is 2.13. The van der Waals surface area contributed by atoms with Crippen molar-refractivity contribution >= 4 is 0 Å². The van der Waals surface area contributed by atoms with Gasteiger partial charge in [-0.1, -0.05) is 30.3 Å². The van der Waals surface area contributed by atoms with Gasteiger partial charge in [0, 0.05) is 18.0 Å². The summed E-state index contributed by atoms with van der Waals surface area (Å²) in [7, 11) is 0. The van der Waals surface area contributed by atoms with Gasteiger partial charge in [0.25, 0.3) is 0 Å². The quantitative estimate of drug-likeness (QED) is 0.652. The summed E-state index contributed by atoms with van der Waals surface area (Å²) >= 11 is 0. The SMILES string of the molecule is c1ccc(-c2nnnn2-c2cnccn2)cc1. The largest absolute Gasteiger partial charge is 0.259 e. The smallest absolute Gasteiger partial charge is 0.188 e. The molecule has 0 N–H and O–H groups in total. The second-order valence-corrected chi connectivity index (χ2v) is 3.34. The van der Waals surface area contributed by atoms with Crippen LogP contribution in [0.2, 0.25) is 0 Å². The van der Waals surface area contributed by atoms with E-state index in [4.69, 9.17) is 0 Å². The molecular formula is C11H8N6. The van der Waals surface area contributed by atoms with Gasteiger partial charge in [-0.15, -0.1) is 5.10 Å². The minimum absolute atomic E-state index is 0.594. The van der Waals surface area contributed by atoms with Crippen LogP contribution in [0.1, 0.15) is 0 Å². The molecular weight excluding hydrogens is 216 g/mol. The Labute approximate surface area is 97.0 Å². The van der Waals surface area contributed by atoms with Crippen molar-refractivity contribution in [1.29, 1.82) is 0 Å². The third-order valence-corrected chi connectivity index (χ3v) is 2.27. The predicted octanol–water partition coefficient (Wildman–Crippen LogP) is 1.12. The minimum Gasteiger partial charge on any atom is -0.259 e. The minimum atomic E-state index is 0.594. The van der Waals surface area contributed by atoms with Crippen molar-refractivity contribution in [2.75, 3.05) is 0 Å². The highest BCUT2D eigenvalue weighted by atomic mass is 15.6. The van der Waals surface area contributed by atoms with E-state index in [-0.39, 0.29) is 0 Å². The zero-order valence-electron chi connectivity index (χ0n) is 8.80. The fourth-order valence-corrected chi connectivity index (χ4v) is 1.51. The monoisotopic (exact) mass is 224 g/mol. The molecule has 0 aliphatic heterocycles. The first kappa shape index (κ1) is 9.59. The average molecular weight is 224 g/mol. The third-order valence-electron chi connectivity index (χ3n) is 2.27. The Hall–Kier alpha value is -2.63. The van der Waals surface area contributed by atoms with Crippen molar-refractivity contribution in [1.82, 2.24) is 30.2 Å². The zero-order chi connectivity index (χ0) is 11.5. The summed E-state index contributed by atoms with van der Waals surface area (Å²) in [6.07, 6.45) is 4.82. The van der Waals surface area contributed by atoms with Gasteiger partial charge in [-0.05, 0) is 10.4 Å². The molecule has 0 amide bonds. The second kappa shape index (κ2) is 4.09. The Morgan fingerprint density at radius 2 is 1.88 bits per heavy atom. The van der Waals surface area contributed by atoms with Crippen molar-refractivity contribution in [3.05, 3.63) is 48.9 Å². The van der Waals surface area contributed by atoms with Crippen LogP contribution >= 0.6 is 0 Å². The highest BCUT2D eigenvalue weighted by molar-refractivity contribution is 5.55. The van der Waals surface area contributed by atoms with Gasteiger partial charge < -0.3 is 0 Å². The van der Waals surface area contributed by atoms with Crippen LogP contribution in [0.15, 0.2) is 48.9 Å².